The normalized spacial score (nSPS) is 10.9. The summed E-state index contributed by atoms with van der Waals surface area (Å²) < 4.78 is 16.0. The predicted octanol–water partition coefficient (Wildman–Crippen LogP) is 4.88. The zero-order valence-electron chi connectivity index (χ0n) is 19.0. The Morgan fingerprint density at radius 1 is 0.939 bits per heavy atom. The van der Waals surface area contributed by atoms with E-state index in [-0.39, 0.29) is 29.3 Å². The fourth-order valence-electron chi connectivity index (χ4n) is 3.10. The minimum atomic E-state index is -0.760. The van der Waals surface area contributed by atoms with Crippen molar-refractivity contribution in [3.8, 4) is 17.0 Å². The average molecular weight is 447 g/mol. The number of rotatable bonds is 7. The Hall–Kier alpha value is -4.00. The van der Waals surface area contributed by atoms with E-state index in [4.69, 9.17) is 14.2 Å². The Balaban J connectivity index is 2.01. The van der Waals surface area contributed by atoms with Gasteiger partial charge in [0, 0.05) is 11.6 Å². The Morgan fingerprint density at radius 3 is 2.27 bits per heavy atom. The van der Waals surface area contributed by atoms with Crippen LogP contribution >= 0.6 is 0 Å². The summed E-state index contributed by atoms with van der Waals surface area (Å²) in [5.41, 5.74) is 1.30. The molecule has 0 atom stereocenters. The number of pyridine rings is 1. The molecule has 0 fully saturated rings. The molecule has 7 nitrogen and oxygen atoms in total. The van der Waals surface area contributed by atoms with Crippen LogP contribution in [0.25, 0.3) is 11.1 Å². The Labute approximate surface area is 192 Å². The van der Waals surface area contributed by atoms with Gasteiger partial charge in [-0.1, -0.05) is 36.4 Å². The van der Waals surface area contributed by atoms with Gasteiger partial charge in [-0.15, -0.1) is 0 Å². The highest BCUT2D eigenvalue weighted by Crippen LogP contribution is 2.30. The van der Waals surface area contributed by atoms with Gasteiger partial charge in [-0.2, -0.15) is 0 Å². The molecule has 0 aliphatic carbocycles. The third-order valence-corrected chi connectivity index (χ3v) is 4.60. The molecule has 0 bridgehead atoms. The van der Waals surface area contributed by atoms with Gasteiger partial charge in [-0.05, 0) is 50.1 Å². The largest absolute Gasteiger partial charge is 0.481 e. The van der Waals surface area contributed by atoms with Crippen LogP contribution in [-0.4, -0.2) is 35.9 Å². The van der Waals surface area contributed by atoms with E-state index in [1.165, 1.54) is 19.2 Å². The highest BCUT2D eigenvalue weighted by molar-refractivity contribution is 6.02. The molecule has 1 heterocycles. The lowest BCUT2D eigenvalue weighted by Gasteiger charge is -2.21. The lowest BCUT2D eigenvalue weighted by atomic mass is 9.96. The molecular weight excluding hydrogens is 422 g/mol. The van der Waals surface area contributed by atoms with E-state index in [0.29, 0.717) is 17.4 Å². The fraction of sp³-hybridized carbons (Fsp3) is 0.231. The highest BCUT2D eigenvalue weighted by atomic mass is 16.6. The minimum absolute atomic E-state index is 0.0959. The number of carbonyl (C=O) groups excluding carboxylic acids is 3. The first-order chi connectivity index (χ1) is 15.7. The summed E-state index contributed by atoms with van der Waals surface area (Å²) in [5.74, 6) is -0.956. The van der Waals surface area contributed by atoms with Crippen molar-refractivity contribution in [3.05, 3.63) is 83.0 Å². The van der Waals surface area contributed by atoms with Crippen molar-refractivity contribution >= 4 is 18.2 Å². The molecule has 2 aromatic carbocycles. The number of aldehydes is 1. The van der Waals surface area contributed by atoms with Crippen LogP contribution in [0.2, 0.25) is 0 Å². The first kappa shape index (κ1) is 23.7. The summed E-state index contributed by atoms with van der Waals surface area (Å²) in [6.45, 7) is 5.33. The molecule has 0 aliphatic rings. The van der Waals surface area contributed by atoms with Crippen LogP contribution < -0.4 is 4.74 Å². The summed E-state index contributed by atoms with van der Waals surface area (Å²) >= 11 is 0. The number of benzene rings is 2. The molecule has 0 unspecified atom stereocenters. The van der Waals surface area contributed by atoms with Crippen LogP contribution in [0.3, 0.4) is 0 Å². The number of hydrogen-bond donors (Lipinski definition) is 0. The van der Waals surface area contributed by atoms with E-state index in [1.54, 1.807) is 39.0 Å². The van der Waals surface area contributed by atoms with Gasteiger partial charge in [-0.3, -0.25) is 4.79 Å². The van der Waals surface area contributed by atoms with Crippen LogP contribution in [0.15, 0.2) is 60.7 Å². The third-order valence-electron chi connectivity index (χ3n) is 4.60. The molecule has 0 saturated heterocycles. The van der Waals surface area contributed by atoms with Crippen LogP contribution in [-0.2, 0) is 16.1 Å². The van der Waals surface area contributed by atoms with Gasteiger partial charge >= 0.3 is 11.9 Å². The summed E-state index contributed by atoms with van der Waals surface area (Å²) in [6, 6.07) is 17.0. The average Bonchev–Trinajstić information content (AvgIpc) is 2.81. The number of nitrogens with zero attached hydrogens (tertiary/aromatic N) is 1. The van der Waals surface area contributed by atoms with Crippen LogP contribution in [0.5, 0.6) is 5.88 Å². The number of esters is 2. The van der Waals surface area contributed by atoms with Gasteiger partial charge in [0.25, 0.3) is 0 Å². The van der Waals surface area contributed by atoms with Crippen LogP contribution in [0, 0.1) is 0 Å². The molecule has 1 aromatic heterocycles. The van der Waals surface area contributed by atoms with E-state index in [9.17, 15) is 14.4 Å². The molecule has 33 heavy (non-hydrogen) atoms. The van der Waals surface area contributed by atoms with Gasteiger partial charge in [0.15, 0.2) is 6.29 Å². The van der Waals surface area contributed by atoms with Crippen LogP contribution in [0.1, 0.15) is 57.5 Å². The molecular formula is C26H25NO6. The van der Waals surface area contributed by atoms with Crippen molar-refractivity contribution in [2.45, 2.75) is 33.0 Å². The molecule has 3 aromatic rings. The van der Waals surface area contributed by atoms with Crippen molar-refractivity contribution in [1.29, 1.82) is 0 Å². The van der Waals surface area contributed by atoms with Crippen molar-refractivity contribution in [3.63, 3.8) is 0 Å². The quantitative estimate of drug-likeness (QED) is 0.376. The molecule has 0 N–H and O–H groups in total. The topological polar surface area (TPSA) is 91.8 Å². The zero-order valence-corrected chi connectivity index (χ0v) is 19.0. The van der Waals surface area contributed by atoms with E-state index in [0.717, 1.165) is 5.56 Å². The standard InChI is InChI=1S/C26H25NO6/c1-26(2,3)33-25(30)21-14-18(24(29)32-16-17-8-6-5-7-9-17)10-11-19(21)20-12-13-23(31-4)27-22(20)15-28/h5-15H,16H2,1-4H3. The van der Waals surface area contributed by atoms with E-state index in [2.05, 4.69) is 4.98 Å². The Morgan fingerprint density at radius 2 is 1.64 bits per heavy atom. The second-order valence-corrected chi connectivity index (χ2v) is 8.23. The lowest BCUT2D eigenvalue weighted by molar-refractivity contribution is 0.00703. The summed E-state index contributed by atoms with van der Waals surface area (Å²) in [5, 5.41) is 0. The number of carbonyl (C=O) groups is 3. The molecule has 3 rings (SSSR count). The van der Waals surface area contributed by atoms with Gasteiger partial charge in [0.2, 0.25) is 5.88 Å². The van der Waals surface area contributed by atoms with Crippen LogP contribution in [0.4, 0.5) is 0 Å². The lowest BCUT2D eigenvalue weighted by Crippen LogP contribution is -2.24. The molecule has 0 spiro atoms. The summed E-state index contributed by atoms with van der Waals surface area (Å²) in [4.78, 5) is 41.5. The molecule has 0 amide bonds. The van der Waals surface area contributed by atoms with Gasteiger partial charge in [-0.25, -0.2) is 14.6 Å². The van der Waals surface area contributed by atoms with Gasteiger partial charge < -0.3 is 14.2 Å². The summed E-state index contributed by atoms with van der Waals surface area (Å²) in [7, 11) is 1.44. The number of methoxy groups -OCH3 is 1. The van der Waals surface area contributed by atoms with Gasteiger partial charge in [0.05, 0.1) is 18.2 Å². The number of aromatic nitrogens is 1. The minimum Gasteiger partial charge on any atom is -0.481 e. The molecule has 7 heteroatoms. The second-order valence-electron chi connectivity index (χ2n) is 8.23. The molecule has 170 valence electrons. The molecule has 0 saturated carbocycles. The van der Waals surface area contributed by atoms with Gasteiger partial charge in [0.1, 0.15) is 17.9 Å². The maximum Gasteiger partial charge on any atom is 0.339 e. The van der Waals surface area contributed by atoms with Crippen molar-refractivity contribution < 1.29 is 28.6 Å². The van der Waals surface area contributed by atoms with Crippen molar-refractivity contribution in [2.75, 3.05) is 7.11 Å². The first-order valence-electron chi connectivity index (χ1n) is 10.3. The first-order valence-corrected chi connectivity index (χ1v) is 10.3. The summed E-state index contributed by atoms with van der Waals surface area (Å²) in [6.07, 6.45) is 0.582. The SMILES string of the molecule is COc1ccc(-c2ccc(C(=O)OCc3ccccc3)cc2C(=O)OC(C)(C)C)c(C=O)n1. The highest BCUT2D eigenvalue weighted by Gasteiger charge is 2.24. The Kier molecular flexibility index (Phi) is 7.23. The number of ether oxygens (including phenoxy) is 3. The fourth-order valence-corrected chi connectivity index (χ4v) is 3.10. The zero-order chi connectivity index (χ0) is 24.0. The maximum absolute atomic E-state index is 13.0. The van der Waals surface area contributed by atoms with Crippen molar-refractivity contribution in [1.82, 2.24) is 4.98 Å². The molecule has 0 radical (unpaired) electrons. The van der Waals surface area contributed by atoms with E-state index in [1.807, 2.05) is 30.3 Å². The maximum atomic E-state index is 13.0. The van der Waals surface area contributed by atoms with E-state index >= 15 is 0 Å². The Bertz CT molecular complexity index is 1170. The monoisotopic (exact) mass is 447 g/mol. The third kappa shape index (κ3) is 6.04. The number of hydrogen-bond acceptors (Lipinski definition) is 7. The smallest absolute Gasteiger partial charge is 0.339 e. The molecule has 0 aliphatic heterocycles. The second kappa shape index (κ2) is 10.1. The predicted molar refractivity (Wildman–Crippen MR) is 122 cm³/mol. The van der Waals surface area contributed by atoms with Crippen molar-refractivity contribution in [2.24, 2.45) is 0 Å². The van der Waals surface area contributed by atoms with E-state index < -0.39 is 17.5 Å².